The van der Waals surface area contributed by atoms with Crippen molar-refractivity contribution in [2.75, 3.05) is 0 Å². The number of rotatable bonds is 8. The third-order valence-electron chi connectivity index (χ3n) is 3.12. The summed E-state index contributed by atoms with van der Waals surface area (Å²) in [5, 5.41) is 11.3. The van der Waals surface area contributed by atoms with Crippen LogP contribution in [0.1, 0.15) is 60.3 Å². The van der Waals surface area contributed by atoms with Crippen molar-refractivity contribution in [1.82, 2.24) is 5.06 Å². The van der Waals surface area contributed by atoms with Crippen LogP contribution in [0.3, 0.4) is 0 Å². The molecule has 0 heterocycles. The van der Waals surface area contributed by atoms with Crippen LogP contribution in [0.5, 0.6) is 0 Å². The van der Waals surface area contributed by atoms with Crippen molar-refractivity contribution >= 4 is 5.78 Å². The molecule has 3 nitrogen and oxygen atoms in total. The summed E-state index contributed by atoms with van der Waals surface area (Å²) in [5.41, 5.74) is 0.412. The van der Waals surface area contributed by atoms with Crippen molar-refractivity contribution in [1.29, 1.82) is 0 Å². The first-order valence-corrected chi connectivity index (χ1v) is 6.41. The van der Waals surface area contributed by atoms with Gasteiger partial charge in [-0.2, -0.15) is 5.06 Å². The van der Waals surface area contributed by atoms with Crippen LogP contribution in [0.2, 0.25) is 0 Å². The van der Waals surface area contributed by atoms with Gasteiger partial charge in [0.25, 0.3) is 0 Å². The highest BCUT2D eigenvalue weighted by molar-refractivity contribution is 5.94. The number of carbonyl (C=O) groups is 1. The highest BCUT2D eigenvalue weighted by atomic mass is 16.5. The summed E-state index contributed by atoms with van der Waals surface area (Å²) in [6.07, 6.45) is 2.83. The Hall–Kier alpha value is -0.670. The van der Waals surface area contributed by atoms with Gasteiger partial charge in [-0.25, -0.2) is 0 Å². The van der Waals surface area contributed by atoms with E-state index in [2.05, 4.69) is 6.58 Å². The summed E-state index contributed by atoms with van der Waals surface area (Å²) in [4.78, 5) is 11.6. The summed E-state index contributed by atoms with van der Waals surface area (Å²) in [6, 6.07) is 0.0892. The Bertz CT molecular complexity index is 269. The second-order valence-electron chi connectivity index (χ2n) is 5.48. The van der Waals surface area contributed by atoms with E-state index in [0.717, 1.165) is 19.3 Å². The molecule has 0 aromatic carbocycles. The van der Waals surface area contributed by atoms with Gasteiger partial charge >= 0.3 is 0 Å². The molecule has 17 heavy (non-hydrogen) atoms. The Morgan fingerprint density at radius 2 is 1.94 bits per heavy atom. The van der Waals surface area contributed by atoms with E-state index in [0.29, 0.717) is 12.0 Å². The van der Waals surface area contributed by atoms with Crippen LogP contribution >= 0.6 is 0 Å². The van der Waals surface area contributed by atoms with Gasteiger partial charge in [0.1, 0.15) is 0 Å². The number of hydroxylamine groups is 2. The lowest BCUT2D eigenvalue weighted by molar-refractivity contribution is -0.187. The first-order chi connectivity index (χ1) is 7.72. The molecule has 0 amide bonds. The van der Waals surface area contributed by atoms with Gasteiger partial charge in [0.05, 0.1) is 0 Å². The first-order valence-electron chi connectivity index (χ1n) is 6.41. The van der Waals surface area contributed by atoms with Crippen LogP contribution in [0, 0.1) is 0 Å². The lowest BCUT2D eigenvalue weighted by Crippen LogP contribution is -2.45. The van der Waals surface area contributed by atoms with E-state index in [1.54, 1.807) is 0 Å². The number of ketones is 1. The zero-order valence-corrected chi connectivity index (χ0v) is 11.9. The minimum atomic E-state index is -0.290. The molecule has 0 fully saturated rings. The lowest BCUT2D eigenvalue weighted by atomic mass is 9.94. The van der Waals surface area contributed by atoms with Crippen molar-refractivity contribution in [3.05, 3.63) is 12.2 Å². The van der Waals surface area contributed by atoms with E-state index < -0.39 is 0 Å². The second kappa shape index (κ2) is 6.92. The third kappa shape index (κ3) is 5.46. The molecule has 0 aliphatic heterocycles. The SMILES string of the molecule is C=C(CC)C(=O)CCCC(C)(C)N(O)C(C)C. The summed E-state index contributed by atoms with van der Waals surface area (Å²) >= 11 is 0. The van der Waals surface area contributed by atoms with E-state index in [1.165, 1.54) is 5.06 Å². The number of Topliss-reactive ketones (excluding diaryl/α,β-unsaturated/α-hetero) is 1. The number of hydrogen-bond acceptors (Lipinski definition) is 3. The number of nitrogens with zero attached hydrogens (tertiary/aromatic N) is 1. The molecule has 0 saturated carbocycles. The van der Waals surface area contributed by atoms with Crippen molar-refractivity contribution in [3.8, 4) is 0 Å². The molecule has 3 heteroatoms. The fraction of sp³-hybridized carbons (Fsp3) is 0.786. The predicted octanol–water partition coefficient (Wildman–Crippen LogP) is 3.57. The van der Waals surface area contributed by atoms with Crippen molar-refractivity contribution < 1.29 is 10.0 Å². The van der Waals surface area contributed by atoms with Crippen molar-refractivity contribution in [3.63, 3.8) is 0 Å². The Balaban J connectivity index is 4.12. The van der Waals surface area contributed by atoms with E-state index in [1.807, 2.05) is 34.6 Å². The normalized spacial score (nSPS) is 12.2. The van der Waals surface area contributed by atoms with Crippen LogP contribution in [0.4, 0.5) is 0 Å². The molecule has 0 unspecified atom stereocenters. The van der Waals surface area contributed by atoms with Crippen LogP contribution in [-0.4, -0.2) is 27.6 Å². The molecule has 0 aliphatic carbocycles. The van der Waals surface area contributed by atoms with Gasteiger partial charge < -0.3 is 5.21 Å². The lowest BCUT2D eigenvalue weighted by Gasteiger charge is -2.36. The van der Waals surface area contributed by atoms with Gasteiger partial charge in [-0.05, 0) is 52.5 Å². The molecule has 0 rings (SSSR count). The highest BCUT2D eigenvalue weighted by Crippen LogP contribution is 2.22. The zero-order chi connectivity index (χ0) is 13.6. The van der Waals surface area contributed by atoms with Crippen molar-refractivity contribution in [2.24, 2.45) is 0 Å². The summed E-state index contributed by atoms with van der Waals surface area (Å²) in [5.74, 6) is 0.150. The van der Waals surface area contributed by atoms with Crippen LogP contribution in [0.25, 0.3) is 0 Å². The maximum atomic E-state index is 11.6. The molecule has 100 valence electrons. The third-order valence-corrected chi connectivity index (χ3v) is 3.12. The minimum Gasteiger partial charge on any atom is -0.313 e. The molecule has 0 bridgehead atoms. The molecule has 0 aromatic heterocycles. The summed E-state index contributed by atoms with van der Waals surface area (Å²) < 4.78 is 0. The largest absolute Gasteiger partial charge is 0.313 e. The van der Waals surface area contributed by atoms with Gasteiger partial charge in [0, 0.05) is 18.0 Å². The van der Waals surface area contributed by atoms with Crippen LogP contribution in [-0.2, 0) is 4.79 Å². The monoisotopic (exact) mass is 241 g/mol. The van der Waals surface area contributed by atoms with Gasteiger partial charge in [0.15, 0.2) is 5.78 Å². The minimum absolute atomic E-state index is 0.0892. The molecular formula is C14H27NO2. The maximum Gasteiger partial charge on any atom is 0.158 e. The average molecular weight is 241 g/mol. The fourth-order valence-corrected chi connectivity index (χ4v) is 1.87. The smallest absolute Gasteiger partial charge is 0.158 e. The molecule has 0 aliphatic rings. The molecule has 0 spiro atoms. The zero-order valence-electron chi connectivity index (χ0n) is 11.9. The number of hydrogen-bond donors (Lipinski definition) is 1. The Kier molecular flexibility index (Phi) is 6.65. The van der Waals surface area contributed by atoms with E-state index in [9.17, 15) is 10.0 Å². The topological polar surface area (TPSA) is 40.5 Å². The summed E-state index contributed by atoms with van der Waals surface area (Å²) in [6.45, 7) is 13.6. The fourth-order valence-electron chi connectivity index (χ4n) is 1.87. The van der Waals surface area contributed by atoms with E-state index >= 15 is 0 Å². The van der Waals surface area contributed by atoms with Gasteiger partial charge in [0.2, 0.25) is 0 Å². The van der Waals surface area contributed by atoms with E-state index in [4.69, 9.17) is 0 Å². The Morgan fingerprint density at radius 1 is 1.41 bits per heavy atom. The predicted molar refractivity (Wildman–Crippen MR) is 71.1 cm³/mol. The first kappa shape index (κ1) is 16.3. The summed E-state index contributed by atoms with van der Waals surface area (Å²) in [7, 11) is 0. The van der Waals surface area contributed by atoms with Gasteiger partial charge in [-0.15, -0.1) is 0 Å². The molecule has 0 radical (unpaired) electrons. The molecule has 1 N–H and O–H groups in total. The average Bonchev–Trinajstić information content (AvgIpc) is 2.26. The second-order valence-corrected chi connectivity index (χ2v) is 5.48. The van der Waals surface area contributed by atoms with Gasteiger partial charge in [-0.1, -0.05) is 13.5 Å². The quantitative estimate of drug-likeness (QED) is 0.521. The molecule has 0 aromatic rings. The standard InChI is InChI=1S/C14H27NO2/c1-7-12(4)13(16)9-8-10-14(5,6)15(17)11(2)3/h11,17H,4,7-10H2,1-3,5-6H3. The van der Waals surface area contributed by atoms with E-state index in [-0.39, 0.29) is 17.4 Å². The number of carbonyl (C=O) groups excluding carboxylic acids is 1. The Labute approximate surface area is 105 Å². The molecule has 0 atom stereocenters. The number of allylic oxidation sites excluding steroid dienone is 1. The maximum absolute atomic E-state index is 11.6. The van der Waals surface area contributed by atoms with Gasteiger partial charge in [-0.3, -0.25) is 4.79 Å². The Morgan fingerprint density at radius 3 is 2.35 bits per heavy atom. The molecular weight excluding hydrogens is 214 g/mol. The molecule has 0 saturated heterocycles. The van der Waals surface area contributed by atoms with Crippen LogP contribution < -0.4 is 0 Å². The highest BCUT2D eigenvalue weighted by Gasteiger charge is 2.27. The van der Waals surface area contributed by atoms with Crippen molar-refractivity contribution in [2.45, 2.75) is 71.9 Å². The van der Waals surface area contributed by atoms with Crippen LogP contribution in [0.15, 0.2) is 12.2 Å².